The van der Waals surface area contributed by atoms with Gasteiger partial charge in [0.25, 0.3) is 0 Å². The Bertz CT molecular complexity index is 1600. The molecule has 4 aromatic rings. The molecule has 0 bridgehead atoms. The van der Waals surface area contributed by atoms with E-state index in [0.717, 1.165) is 0 Å². The second-order valence-electron chi connectivity index (χ2n) is 9.15. The van der Waals surface area contributed by atoms with Crippen LogP contribution >= 0.6 is 63.7 Å². The highest BCUT2D eigenvalue weighted by Crippen LogP contribution is 2.59. The second kappa shape index (κ2) is 13.0. The van der Waals surface area contributed by atoms with Gasteiger partial charge in [0, 0.05) is 0 Å². The third kappa shape index (κ3) is 6.88. The van der Waals surface area contributed by atoms with Crippen molar-refractivity contribution in [2.24, 2.45) is 0 Å². The van der Waals surface area contributed by atoms with Crippen LogP contribution in [0.2, 0.25) is 0 Å². The van der Waals surface area contributed by atoms with Crippen LogP contribution < -0.4 is 9.47 Å². The molecule has 0 fully saturated rings. The van der Waals surface area contributed by atoms with E-state index in [1.54, 1.807) is 0 Å². The van der Waals surface area contributed by atoms with Gasteiger partial charge in [0.15, 0.2) is 11.5 Å². The number of carboxylic acid groups (broad SMARTS) is 2. The Morgan fingerprint density at radius 2 is 0.800 bits per heavy atom. The monoisotopic (exact) mass is 888 g/mol. The topological polar surface area (TPSA) is 93.1 Å². The number of hydrogen-bond donors (Lipinski definition) is 2. The molecule has 45 heavy (non-hydrogen) atoms. The summed E-state index contributed by atoms with van der Waals surface area (Å²) in [6.45, 7) is 0. The molecule has 0 heterocycles. The highest BCUT2D eigenvalue weighted by Gasteiger charge is 2.72. The first kappa shape index (κ1) is 34.8. The minimum Gasteiger partial charge on any atom is -0.478 e. The molecule has 4 aromatic carbocycles. The second-order valence-corrected chi connectivity index (χ2v) is 12.6. The molecule has 4 rings (SSSR count). The van der Waals surface area contributed by atoms with Crippen molar-refractivity contribution in [2.45, 2.75) is 17.8 Å². The number of carboxylic acids is 2. The number of aromatic carboxylic acids is 2. The Morgan fingerprint density at radius 1 is 0.533 bits per heavy atom. The van der Waals surface area contributed by atoms with Gasteiger partial charge in [-0.15, -0.1) is 0 Å². The van der Waals surface area contributed by atoms with Gasteiger partial charge in [-0.3, -0.25) is 0 Å². The van der Waals surface area contributed by atoms with Crippen LogP contribution in [0, 0.1) is 0 Å². The van der Waals surface area contributed by atoms with Crippen LogP contribution in [0.5, 0.6) is 23.0 Å². The molecular weight excluding hydrogens is 878 g/mol. The maximum atomic E-state index is 14.9. The highest BCUT2D eigenvalue weighted by molar-refractivity contribution is 9.11. The summed E-state index contributed by atoms with van der Waals surface area (Å²) in [5.74, 6) is -2.63. The quantitative estimate of drug-likeness (QED) is 0.171. The molecule has 0 saturated carbocycles. The zero-order chi connectivity index (χ0) is 33.5. The predicted molar refractivity (Wildman–Crippen MR) is 164 cm³/mol. The van der Waals surface area contributed by atoms with Gasteiger partial charge >= 0.3 is 24.3 Å². The number of alkyl halides is 6. The van der Waals surface area contributed by atoms with E-state index in [1.165, 1.54) is 48.5 Å². The van der Waals surface area contributed by atoms with Crippen molar-refractivity contribution in [1.29, 1.82) is 0 Å². The van der Waals surface area contributed by atoms with Crippen molar-refractivity contribution in [3.05, 3.63) is 113 Å². The number of carbonyl (C=O) groups is 2. The molecule has 16 heteroatoms. The van der Waals surface area contributed by atoms with Gasteiger partial charge in [0.2, 0.25) is 5.41 Å². The molecule has 0 aliphatic rings. The fraction of sp³-hybridized carbons (Fsp3) is 0.103. The normalized spacial score (nSPS) is 12.1. The minimum atomic E-state index is -5.92. The first-order valence-corrected chi connectivity index (χ1v) is 15.2. The van der Waals surface area contributed by atoms with Crippen molar-refractivity contribution in [3.63, 3.8) is 0 Å². The van der Waals surface area contributed by atoms with Gasteiger partial charge in [0.1, 0.15) is 11.5 Å². The molecule has 0 aliphatic heterocycles. The van der Waals surface area contributed by atoms with Crippen LogP contribution in [0.4, 0.5) is 26.3 Å². The molecule has 6 nitrogen and oxygen atoms in total. The molecule has 0 radical (unpaired) electrons. The molecule has 0 aromatic heterocycles. The zero-order valence-corrected chi connectivity index (χ0v) is 28.1. The fourth-order valence-corrected chi connectivity index (χ4v) is 6.99. The van der Waals surface area contributed by atoms with Crippen LogP contribution in [-0.2, 0) is 5.41 Å². The Hall–Kier alpha value is -3.08. The van der Waals surface area contributed by atoms with Gasteiger partial charge in [-0.2, -0.15) is 26.3 Å². The standard InChI is InChI=1S/C29H14Br4F6O6/c30-19-9-15(10-20(31)23(19)44-17-5-1-13(2-6-17)25(40)41)27(28(34,35)36,29(37,38)39)16-11-21(32)24(22(33)12-16)45-18-7-3-14(4-8-18)26(42)43/h1-12H,(H,40,41)(H,42,43). The maximum absolute atomic E-state index is 14.9. The number of benzene rings is 4. The van der Waals surface area contributed by atoms with Gasteiger partial charge in [-0.25, -0.2) is 9.59 Å². The van der Waals surface area contributed by atoms with Crippen LogP contribution in [0.25, 0.3) is 0 Å². The van der Waals surface area contributed by atoms with Gasteiger partial charge < -0.3 is 19.7 Å². The summed E-state index contributed by atoms with van der Waals surface area (Å²) in [5.41, 5.74) is -7.10. The van der Waals surface area contributed by atoms with E-state index in [4.69, 9.17) is 19.7 Å². The van der Waals surface area contributed by atoms with Crippen molar-refractivity contribution < 1.29 is 55.6 Å². The van der Waals surface area contributed by atoms with Gasteiger partial charge in [-0.05, 0) is 148 Å². The average Bonchev–Trinajstić information content (AvgIpc) is 2.92. The molecule has 2 N–H and O–H groups in total. The number of halogens is 10. The molecule has 0 amide bonds. The van der Waals surface area contributed by atoms with Crippen molar-refractivity contribution in [2.75, 3.05) is 0 Å². The summed E-state index contributed by atoms with van der Waals surface area (Å²) >= 11 is 12.1. The van der Waals surface area contributed by atoms with Crippen molar-refractivity contribution >= 4 is 75.7 Å². The van der Waals surface area contributed by atoms with E-state index in [2.05, 4.69) is 63.7 Å². The van der Waals surface area contributed by atoms with Crippen LogP contribution in [0.3, 0.4) is 0 Å². The third-order valence-corrected chi connectivity index (χ3v) is 8.71. The van der Waals surface area contributed by atoms with Gasteiger partial charge in [0.05, 0.1) is 29.0 Å². The first-order valence-electron chi connectivity index (χ1n) is 12.0. The average molecular weight is 892 g/mol. The van der Waals surface area contributed by atoms with E-state index >= 15 is 0 Å². The molecule has 0 saturated heterocycles. The van der Waals surface area contributed by atoms with E-state index in [1.807, 2.05) is 0 Å². The highest BCUT2D eigenvalue weighted by atomic mass is 79.9. The first-order chi connectivity index (χ1) is 20.9. The summed E-state index contributed by atoms with van der Waals surface area (Å²) < 4.78 is 99.8. The Balaban J connectivity index is 1.84. The molecule has 236 valence electrons. The van der Waals surface area contributed by atoms with E-state index in [-0.39, 0.29) is 52.0 Å². The SMILES string of the molecule is O=C(O)c1ccc(Oc2c(Br)cc(C(c3cc(Br)c(Oc4ccc(C(=O)O)cc4)c(Br)c3)(C(F)(F)F)C(F)(F)F)cc2Br)cc1. The van der Waals surface area contributed by atoms with Crippen molar-refractivity contribution in [1.82, 2.24) is 0 Å². The molecule has 0 unspecified atom stereocenters. The van der Waals surface area contributed by atoms with E-state index in [9.17, 15) is 35.9 Å². The molecule has 0 spiro atoms. The Kier molecular flexibility index (Phi) is 10.0. The summed E-state index contributed by atoms with van der Waals surface area (Å²) in [7, 11) is 0. The lowest BCUT2D eigenvalue weighted by Gasteiger charge is -2.39. The maximum Gasteiger partial charge on any atom is 0.411 e. The summed E-state index contributed by atoms with van der Waals surface area (Å²) in [6.07, 6.45) is -11.8. The lowest BCUT2D eigenvalue weighted by atomic mass is 9.73. The summed E-state index contributed by atoms with van der Waals surface area (Å²) in [6, 6.07) is 12.5. The van der Waals surface area contributed by atoms with E-state index < -0.39 is 40.8 Å². The van der Waals surface area contributed by atoms with Crippen LogP contribution in [0.1, 0.15) is 31.8 Å². The zero-order valence-electron chi connectivity index (χ0n) is 21.7. The Labute approximate surface area is 283 Å². The molecule has 0 aliphatic carbocycles. The lowest BCUT2D eigenvalue weighted by molar-refractivity contribution is -0.288. The fourth-order valence-electron chi connectivity index (χ4n) is 4.30. The summed E-state index contributed by atoms with van der Waals surface area (Å²) in [5, 5.41) is 18.1. The van der Waals surface area contributed by atoms with Gasteiger partial charge in [-0.1, -0.05) is 0 Å². The Morgan fingerprint density at radius 3 is 1.02 bits per heavy atom. The summed E-state index contributed by atoms with van der Waals surface area (Å²) in [4.78, 5) is 22.2. The third-order valence-electron chi connectivity index (χ3n) is 6.36. The minimum absolute atomic E-state index is 0.0631. The smallest absolute Gasteiger partial charge is 0.411 e. The van der Waals surface area contributed by atoms with Crippen LogP contribution in [-0.4, -0.2) is 34.5 Å². The number of hydrogen-bond acceptors (Lipinski definition) is 4. The van der Waals surface area contributed by atoms with Crippen LogP contribution in [0.15, 0.2) is 90.7 Å². The predicted octanol–water partition coefficient (Wildman–Crippen LogP) is 11.1. The van der Waals surface area contributed by atoms with Crippen molar-refractivity contribution in [3.8, 4) is 23.0 Å². The largest absolute Gasteiger partial charge is 0.478 e. The number of rotatable bonds is 8. The molecular formula is C29H14Br4F6O6. The van der Waals surface area contributed by atoms with E-state index in [0.29, 0.717) is 24.3 Å². The molecule has 0 atom stereocenters. The lowest BCUT2D eigenvalue weighted by Crippen LogP contribution is -2.54. The number of ether oxygens (including phenoxy) is 2.